The van der Waals surface area contributed by atoms with Gasteiger partial charge in [-0.3, -0.25) is 19.4 Å². The zero-order valence-corrected chi connectivity index (χ0v) is 18.8. The molecule has 1 fully saturated rings. The average molecular weight is 446 g/mol. The van der Waals surface area contributed by atoms with Crippen molar-refractivity contribution >= 4 is 11.8 Å². The molecule has 1 atom stereocenters. The zero-order valence-electron chi connectivity index (χ0n) is 18.8. The molecule has 8 heteroatoms. The van der Waals surface area contributed by atoms with Crippen LogP contribution in [0.15, 0.2) is 65.7 Å². The number of carbonyl (C=O) groups excluding carboxylic acids is 2. The van der Waals surface area contributed by atoms with Crippen LogP contribution >= 0.6 is 0 Å². The zero-order chi connectivity index (χ0) is 23.4. The summed E-state index contributed by atoms with van der Waals surface area (Å²) in [6.45, 7) is 0.817. The largest absolute Gasteiger partial charge is 0.348 e. The van der Waals surface area contributed by atoms with Gasteiger partial charge in [-0.2, -0.15) is 5.10 Å². The third-order valence-electron chi connectivity index (χ3n) is 6.14. The van der Waals surface area contributed by atoms with E-state index in [-0.39, 0.29) is 29.6 Å². The Kier molecular flexibility index (Phi) is 6.35. The van der Waals surface area contributed by atoms with Crippen molar-refractivity contribution in [3.63, 3.8) is 0 Å². The second-order valence-electron chi connectivity index (χ2n) is 8.69. The van der Waals surface area contributed by atoms with Crippen molar-refractivity contribution in [1.29, 1.82) is 0 Å². The number of carbonyl (C=O) groups is 2. The van der Waals surface area contributed by atoms with Crippen LogP contribution in [0.4, 0.5) is 0 Å². The number of amides is 2. The number of benzene rings is 1. The van der Waals surface area contributed by atoms with Gasteiger partial charge in [0.05, 0.1) is 5.41 Å². The fraction of sp³-hybridized carbons (Fsp3) is 0.320. The Bertz CT molecular complexity index is 1190. The number of likely N-dealkylation sites (tertiary alicyclic amines) is 1. The van der Waals surface area contributed by atoms with Crippen LogP contribution in [0.25, 0.3) is 11.1 Å². The lowest BCUT2D eigenvalue weighted by Gasteiger charge is -2.43. The van der Waals surface area contributed by atoms with Gasteiger partial charge in [0.2, 0.25) is 5.91 Å². The highest BCUT2D eigenvalue weighted by atomic mass is 16.2. The van der Waals surface area contributed by atoms with Gasteiger partial charge in [-0.05, 0) is 42.5 Å². The van der Waals surface area contributed by atoms with Gasteiger partial charge in [0.15, 0.2) is 0 Å². The number of hydrogen-bond acceptors (Lipinski definition) is 5. The predicted molar refractivity (Wildman–Crippen MR) is 124 cm³/mol. The van der Waals surface area contributed by atoms with Crippen LogP contribution in [-0.2, 0) is 11.2 Å². The molecular formula is C25H27N5O3. The number of rotatable bonds is 5. The van der Waals surface area contributed by atoms with E-state index in [1.54, 1.807) is 30.1 Å². The quantitative estimate of drug-likeness (QED) is 0.650. The molecule has 3 aromatic rings. The summed E-state index contributed by atoms with van der Waals surface area (Å²) >= 11 is 0. The first-order valence-electron chi connectivity index (χ1n) is 10.9. The lowest BCUT2D eigenvalue weighted by Crippen LogP contribution is -2.54. The molecule has 0 saturated carbocycles. The highest BCUT2D eigenvalue weighted by Gasteiger charge is 2.45. The Morgan fingerprint density at radius 3 is 2.64 bits per heavy atom. The van der Waals surface area contributed by atoms with E-state index in [0.717, 1.165) is 16.7 Å². The molecule has 0 radical (unpaired) electrons. The predicted octanol–water partition coefficient (Wildman–Crippen LogP) is 2.39. The summed E-state index contributed by atoms with van der Waals surface area (Å²) in [6.07, 6.45) is 5.42. The summed E-state index contributed by atoms with van der Waals surface area (Å²) in [4.78, 5) is 45.5. The smallest absolute Gasteiger partial charge is 0.274 e. The van der Waals surface area contributed by atoms with Crippen LogP contribution < -0.4 is 5.56 Å². The van der Waals surface area contributed by atoms with Gasteiger partial charge < -0.3 is 9.80 Å². The van der Waals surface area contributed by atoms with Crippen LogP contribution in [-0.4, -0.2) is 64.0 Å². The van der Waals surface area contributed by atoms with Crippen LogP contribution in [0.1, 0.15) is 28.9 Å². The van der Waals surface area contributed by atoms with Gasteiger partial charge in [0.25, 0.3) is 11.5 Å². The molecule has 170 valence electrons. The van der Waals surface area contributed by atoms with E-state index in [4.69, 9.17) is 0 Å². The third kappa shape index (κ3) is 4.69. The van der Waals surface area contributed by atoms with Crippen LogP contribution in [0.3, 0.4) is 0 Å². The number of piperidine rings is 1. The number of pyridine rings is 1. The molecule has 8 nitrogen and oxygen atoms in total. The van der Waals surface area contributed by atoms with Gasteiger partial charge in [0.1, 0.15) is 5.69 Å². The molecule has 1 aromatic carbocycles. The first kappa shape index (κ1) is 22.4. The first-order valence-corrected chi connectivity index (χ1v) is 10.9. The molecule has 0 aliphatic carbocycles. The molecule has 0 unspecified atom stereocenters. The van der Waals surface area contributed by atoms with E-state index in [2.05, 4.69) is 15.2 Å². The normalized spacial score (nSPS) is 18.1. The molecule has 2 aromatic heterocycles. The minimum Gasteiger partial charge on any atom is -0.348 e. The Morgan fingerprint density at radius 2 is 1.94 bits per heavy atom. The van der Waals surface area contributed by atoms with E-state index in [0.29, 0.717) is 25.8 Å². The fourth-order valence-electron chi connectivity index (χ4n) is 4.64. The monoisotopic (exact) mass is 445 g/mol. The number of nitrogens with zero attached hydrogens (tertiary/aromatic N) is 4. The molecule has 33 heavy (non-hydrogen) atoms. The van der Waals surface area contributed by atoms with Gasteiger partial charge in [-0.25, -0.2) is 5.10 Å². The second-order valence-corrected chi connectivity index (χ2v) is 8.69. The number of hydrogen-bond donors (Lipinski definition) is 1. The van der Waals surface area contributed by atoms with Crippen molar-refractivity contribution in [1.82, 2.24) is 25.0 Å². The average Bonchev–Trinajstić information content (AvgIpc) is 2.84. The van der Waals surface area contributed by atoms with Crippen molar-refractivity contribution in [3.8, 4) is 11.1 Å². The maximum atomic E-state index is 13.5. The molecule has 4 rings (SSSR count). The molecule has 1 aliphatic heterocycles. The molecule has 1 saturated heterocycles. The van der Waals surface area contributed by atoms with Gasteiger partial charge in [0, 0.05) is 51.2 Å². The standard InChI is InChI=1S/C25H27N5O3/c1-29(2)24(33)25(15-18-7-3-4-9-20(18)19-8-5-13-26-16-19)12-6-14-30(17-25)23(32)21-10-11-22(31)28-27-21/h3-5,7-11,13,16H,6,12,14-15,17H2,1-2H3,(H,28,31)/t25-/m0/s1. The van der Waals surface area contributed by atoms with E-state index < -0.39 is 5.41 Å². The van der Waals surface area contributed by atoms with Crippen molar-refractivity contribution in [2.45, 2.75) is 19.3 Å². The molecule has 1 aliphatic rings. The molecule has 2 amide bonds. The maximum Gasteiger partial charge on any atom is 0.274 e. The third-order valence-corrected chi connectivity index (χ3v) is 6.14. The Morgan fingerprint density at radius 1 is 1.12 bits per heavy atom. The van der Waals surface area contributed by atoms with Crippen LogP contribution in [0.2, 0.25) is 0 Å². The molecule has 3 heterocycles. The van der Waals surface area contributed by atoms with Crippen molar-refractivity contribution in [2.75, 3.05) is 27.2 Å². The lowest BCUT2D eigenvalue weighted by atomic mass is 9.73. The van der Waals surface area contributed by atoms with Crippen molar-refractivity contribution < 1.29 is 9.59 Å². The van der Waals surface area contributed by atoms with Crippen LogP contribution in [0.5, 0.6) is 0 Å². The van der Waals surface area contributed by atoms with Crippen LogP contribution in [0, 0.1) is 5.41 Å². The van der Waals surface area contributed by atoms with E-state index in [1.807, 2.05) is 42.6 Å². The highest BCUT2D eigenvalue weighted by molar-refractivity contribution is 5.93. The molecule has 0 bridgehead atoms. The topological polar surface area (TPSA) is 99.3 Å². The van der Waals surface area contributed by atoms with E-state index >= 15 is 0 Å². The molecule has 1 N–H and O–H groups in total. The summed E-state index contributed by atoms with van der Waals surface area (Å²) < 4.78 is 0. The second kappa shape index (κ2) is 9.36. The minimum absolute atomic E-state index is 0.00424. The van der Waals surface area contributed by atoms with Crippen molar-refractivity contribution in [2.24, 2.45) is 5.41 Å². The number of nitrogens with one attached hydrogen (secondary N) is 1. The number of aromatic amines is 1. The number of aromatic nitrogens is 3. The summed E-state index contributed by atoms with van der Waals surface area (Å²) in [7, 11) is 3.50. The van der Waals surface area contributed by atoms with Crippen molar-refractivity contribution in [3.05, 3.63) is 82.5 Å². The van der Waals surface area contributed by atoms with Gasteiger partial charge in [-0.1, -0.05) is 30.3 Å². The van der Waals surface area contributed by atoms with Gasteiger partial charge >= 0.3 is 0 Å². The molecule has 0 spiro atoms. The Hall–Kier alpha value is -3.81. The number of H-pyrrole nitrogens is 1. The lowest BCUT2D eigenvalue weighted by molar-refractivity contribution is -0.142. The molecular weight excluding hydrogens is 418 g/mol. The maximum absolute atomic E-state index is 13.5. The summed E-state index contributed by atoms with van der Waals surface area (Å²) in [5.41, 5.74) is 2.09. The summed E-state index contributed by atoms with van der Waals surface area (Å²) in [5.74, 6) is -0.294. The van der Waals surface area contributed by atoms with E-state index in [9.17, 15) is 14.4 Å². The van der Waals surface area contributed by atoms with E-state index in [1.165, 1.54) is 12.1 Å². The fourth-order valence-corrected chi connectivity index (χ4v) is 4.64. The minimum atomic E-state index is -0.766. The first-order chi connectivity index (χ1) is 15.9. The van der Waals surface area contributed by atoms with Gasteiger partial charge in [-0.15, -0.1) is 0 Å². The SMILES string of the molecule is CN(C)C(=O)[C@]1(Cc2ccccc2-c2cccnc2)CCCN(C(=O)c2ccc(=O)[nH]n2)C1. The summed E-state index contributed by atoms with van der Waals surface area (Å²) in [6, 6.07) is 14.6. The Labute approximate surface area is 192 Å². The Balaban J connectivity index is 1.69. The summed E-state index contributed by atoms with van der Waals surface area (Å²) in [5, 5.41) is 6.20. The highest BCUT2D eigenvalue weighted by Crippen LogP contribution is 2.38.